The molecule has 0 aromatic heterocycles. The van der Waals surface area contributed by atoms with Crippen molar-refractivity contribution in [2.24, 2.45) is 0 Å². The Kier molecular flexibility index (Phi) is 8.85. The molecule has 3 aromatic carbocycles. The van der Waals surface area contributed by atoms with Gasteiger partial charge in [-0.2, -0.15) is 0 Å². The first-order chi connectivity index (χ1) is 19.2. The fourth-order valence-electron chi connectivity index (χ4n) is 4.02. The van der Waals surface area contributed by atoms with Gasteiger partial charge in [-0.1, -0.05) is 13.3 Å². The number of benzene rings is 3. The minimum atomic E-state index is -1.43. The van der Waals surface area contributed by atoms with E-state index >= 15 is 0 Å². The van der Waals surface area contributed by atoms with Gasteiger partial charge in [-0.25, -0.2) is 14.5 Å². The maximum atomic E-state index is 13.1. The fourth-order valence-corrected chi connectivity index (χ4v) is 5.08. The molecule has 1 aliphatic rings. The highest BCUT2D eigenvalue weighted by atomic mass is 32.2. The zero-order valence-electron chi connectivity index (χ0n) is 21.5. The van der Waals surface area contributed by atoms with Gasteiger partial charge in [0.05, 0.1) is 34.2 Å². The third-order valence-corrected chi connectivity index (χ3v) is 7.30. The second kappa shape index (κ2) is 12.5. The van der Waals surface area contributed by atoms with Gasteiger partial charge < -0.3 is 20.3 Å². The van der Waals surface area contributed by atoms with Crippen LogP contribution >= 0.6 is 11.8 Å². The zero-order valence-corrected chi connectivity index (χ0v) is 22.3. The van der Waals surface area contributed by atoms with Gasteiger partial charge in [0.1, 0.15) is 5.75 Å². The van der Waals surface area contributed by atoms with E-state index in [2.05, 4.69) is 12.2 Å². The lowest BCUT2D eigenvalue weighted by molar-refractivity contribution is -0.121. The van der Waals surface area contributed by atoms with E-state index in [0.717, 1.165) is 31.0 Å². The lowest BCUT2D eigenvalue weighted by Gasteiger charge is -2.16. The summed E-state index contributed by atoms with van der Waals surface area (Å²) in [6, 6.07) is 16.6. The molecular formula is C29H26N2O8S. The summed E-state index contributed by atoms with van der Waals surface area (Å²) in [5, 5.41) is 20.5. The van der Waals surface area contributed by atoms with E-state index in [1.54, 1.807) is 48.5 Å². The fraction of sp³-hybridized carbons (Fsp3) is 0.207. The number of carboxylic acid groups (broad SMARTS) is 2. The first-order valence-electron chi connectivity index (χ1n) is 12.5. The summed E-state index contributed by atoms with van der Waals surface area (Å²) in [6.45, 7) is 2.67. The molecule has 1 saturated heterocycles. The molecule has 206 valence electrons. The third kappa shape index (κ3) is 6.49. The number of thioether (sulfide) groups is 1. The largest absolute Gasteiger partial charge is 0.494 e. The summed E-state index contributed by atoms with van der Waals surface area (Å²) in [7, 11) is 0. The Morgan fingerprint density at radius 1 is 0.950 bits per heavy atom. The molecule has 0 radical (unpaired) electrons. The van der Waals surface area contributed by atoms with Crippen LogP contribution in [0.1, 0.15) is 57.3 Å². The first kappa shape index (κ1) is 28.4. The van der Waals surface area contributed by atoms with Crippen molar-refractivity contribution in [2.45, 2.75) is 36.3 Å². The molecule has 1 aliphatic heterocycles. The molecule has 0 aliphatic carbocycles. The molecule has 1 atom stereocenters. The number of carbonyl (C=O) groups is 5. The maximum Gasteiger partial charge on any atom is 0.336 e. The molecule has 1 unspecified atom stereocenters. The van der Waals surface area contributed by atoms with Gasteiger partial charge in [0, 0.05) is 17.0 Å². The number of aromatic carboxylic acids is 2. The van der Waals surface area contributed by atoms with Crippen LogP contribution in [0.2, 0.25) is 0 Å². The van der Waals surface area contributed by atoms with E-state index in [0.29, 0.717) is 28.6 Å². The summed E-state index contributed by atoms with van der Waals surface area (Å²) in [5.74, 6) is -3.40. The number of unbranched alkanes of at least 4 members (excludes halogenated alkanes) is 1. The standard InChI is InChI=1S/C29H26N2O8S/c1-2-3-14-39-20-9-7-19(8-10-20)31-25(32)16-24(27(31)34)40-21-11-5-18(6-12-21)30-26(33)22-13-4-17(28(35)36)15-23(22)29(37)38/h4-13,15,24H,2-3,14,16H2,1H3,(H,30,33)(H,35,36)(H,37,38). The Labute approximate surface area is 233 Å². The number of amides is 3. The van der Waals surface area contributed by atoms with Crippen molar-refractivity contribution in [3.05, 3.63) is 83.4 Å². The first-order valence-corrected chi connectivity index (χ1v) is 13.3. The number of anilines is 2. The highest BCUT2D eigenvalue weighted by molar-refractivity contribution is 8.00. The summed E-state index contributed by atoms with van der Waals surface area (Å²) >= 11 is 1.23. The van der Waals surface area contributed by atoms with Gasteiger partial charge in [0.2, 0.25) is 11.8 Å². The van der Waals surface area contributed by atoms with E-state index < -0.39 is 28.7 Å². The molecule has 4 rings (SSSR count). The molecule has 1 fully saturated rings. The van der Waals surface area contributed by atoms with Crippen LogP contribution in [0.15, 0.2) is 71.6 Å². The average Bonchev–Trinajstić information content (AvgIpc) is 3.22. The molecule has 0 spiro atoms. The van der Waals surface area contributed by atoms with E-state index in [4.69, 9.17) is 9.84 Å². The number of carbonyl (C=O) groups excluding carboxylic acids is 3. The Morgan fingerprint density at radius 2 is 1.65 bits per heavy atom. The monoisotopic (exact) mass is 562 g/mol. The second-order valence-corrected chi connectivity index (χ2v) is 10.2. The molecule has 3 aromatic rings. The van der Waals surface area contributed by atoms with Gasteiger partial charge in [0.25, 0.3) is 5.91 Å². The molecule has 0 saturated carbocycles. The van der Waals surface area contributed by atoms with Crippen LogP contribution in [0.25, 0.3) is 0 Å². The molecule has 1 heterocycles. The number of ether oxygens (including phenoxy) is 1. The Bertz CT molecular complexity index is 1450. The topological polar surface area (TPSA) is 150 Å². The molecular weight excluding hydrogens is 536 g/mol. The number of rotatable bonds is 11. The normalized spacial score (nSPS) is 14.7. The Balaban J connectivity index is 1.39. The number of nitrogens with one attached hydrogen (secondary N) is 1. The van der Waals surface area contributed by atoms with Gasteiger partial charge in [0.15, 0.2) is 0 Å². The van der Waals surface area contributed by atoms with E-state index in [1.807, 2.05) is 0 Å². The van der Waals surface area contributed by atoms with Crippen molar-refractivity contribution >= 4 is 52.8 Å². The van der Waals surface area contributed by atoms with E-state index in [9.17, 15) is 29.1 Å². The lowest BCUT2D eigenvalue weighted by atomic mass is 10.0. The predicted octanol–water partition coefficient (Wildman–Crippen LogP) is 4.94. The number of carboxylic acids is 2. The van der Waals surface area contributed by atoms with Crippen LogP contribution < -0.4 is 15.0 Å². The average molecular weight is 563 g/mol. The summed E-state index contributed by atoms with van der Waals surface area (Å²) in [5.41, 5.74) is -0.0213. The summed E-state index contributed by atoms with van der Waals surface area (Å²) in [4.78, 5) is 63.0. The zero-order chi connectivity index (χ0) is 28.8. The van der Waals surface area contributed by atoms with Crippen molar-refractivity contribution in [1.82, 2.24) is 0 Å². The highest BCUT2D eigenvalue weighted by Crippen LogP contribution is 2.35. The Hall–Kier alpha value is -4.64. The number of nitrogens with zero attached hydrogens (tertiary/aromatic N) is 1. The maximum absolute atomic E-state index is 13.1. The molecule has 0 bridgehead atoms. The molecule has 10 nitrogen and oxygen atoms in total. The summed E-state index contributed by atoms with van der Waals surface area (Å²) < 4.78 is 5.64. The van der Waals surface area contributed by atoms with Crippen molar-refractivity contribution in [1.29, 1.82) is 0 Å². The minimum Gasteiger partial charge on any atom is -0.494 e. The predicted molar refractivity (Wildman–Crippen MR) is 148 cm³/mol. The smallest absolute Gasteiger partial charge is 0.336 e. The van der Waals surface area contributed by atoms with Crippen LogP contribution in [0.5, 0.6) is 5.75 Å². The van der Waals surface area contributed by atoms with Gasteiger partial charge in [-0.05, 0) is 73.2 Å². The van der Waals surface area contributed by atoms with Gasteiger partial charge in [-0.15, -0.1) is 11.8 Å². The molecule has 11 heteroatoms. The second-order valence-electron chi connectivity index (χ2n) is 8.92. The van der Waals surface area contributed by atoms with Crippen molar-refractivity contribution in [3.8, 4) is 5.75 Å². The summed E-state index contributed by atoms with van der Waals surface area (Å²) in [6.07, 6.45) is 2.00. The van der Waals surface area contributed by atoms with Crippen LogP contribution in [-0.4, -0.2) is 51.7 Å². The van der Waals surface area contributed by atoms with Crippen molar-refractivity contribution in [3.63, 3.8) is 0 Å². The van der Waals surface area contributed by atoms with E-state index in [1.165, 1.54) is 16.7 Å². The SMILES string of the molecule is CCCCOc1ccc(N2C(=O)CC(Sc3ccc(NC(=O)c4ccc(C(=O)O)cc4C(=O)O)cc3)C2=O)cc1. The third-order valence-electron chi connectivity index (χ3n) is 6.10. The van der Waals surface area contributed by atoms with Crippen LogP contribution in [0.3, 0.4) is 0 Å². The number of imide groups is 1. The van der Waals surface area contributed by atoms with E-state index in [-0.39, 0.29) is 29.4 Å². The number of hydrogen-bond acceptors (Lipinski definition) is 7. The molecule has 3 amide bonds. The van der Waals surface area contributed by atoms with Crippen LogP contribution in [0.4, 0.5) is 11.4 Å². The minimum absolute atomic E-state index is 0.0427. The van der Waals surface area contributed by atoms with Gasteiger partial charge >= 0.3 is 11.9 Å². The lowest BCUT2D eigenvalue weighted by Crippen LogP contribution is -2.31. The Morgan fingerprint density at radius 3 is 2.27 bits per heavy atom. The molecule has 40 heavy (non-hydrogen) atoms. The quantitative estimate of drug-likeness (QED) is 0.218. The molecule has 3 N–H and O–H groups in total. The number of hydrogen-bond donors (Lipinski definition) is 3. The van der Waals surface area contributed by atoms with Crippen molar-refractivity contribution < 1.29 is 38.9 Å². The van der Waals surface area contributed by atoms with Crippen LogP contribution in [0, 0.1) is 0 Å². The van der Waals surface area contributed by atoms with Crippen molar-refractivity contribution in [2.75, 3.05) is 16.8 Å². The van der Waals surface area contributed by atoms with Gasteiger partial charge in [-0.3, -0.25) is 14.4 Å². The highest BCUT2D eigenvalue weighted by Gasteiger charge is 2.40. The van der Waals surface area contributed by atoms with Crippen LogP contribution in [-0.2, 0) is 9.59 Å².